The van der Waals surface area contributed by atoms with E-state index in [0.29, 0.717) is 6.04 Å². The van der Waals surface area contributed by atoms with Crippen molar-refractivity contribution in [2.75, 3.05) is 0 Å². The Morgan fingerprint density at radius 2 is 2.05 bits per heavy atom. The molecule has 1 aromatic rings. The van der Waals surface area contributed by atoms with E-state index in [9.17, 15) is 4.79 Å². The summed E-state index contributed by atoms with van der Waals surface area (Å²) in [6.45, 7) is 10.8. The lowest BCUT2D eigenvalue weighted by Gasteiger charge is -2.25. The first-order valence-electron chi connectivity index (χ1n) is 7.45. The molecule has 0 aromatic carbocycles. The van der Waals surface area contributed by atoms with Gasteiger partial charge in [-0.2, -0.15) is 0 Å². The van der Waals surface area contributed by atoms with E-state index in [4.69, 9.17) is 0 Å². The number of aryl methyl sites for hydroxylation is 1. The van der Waals surface area contributed by atoms with E-state index < -0.39 is 5.54 Å². The van der Waals surface area contributed by atoms with E-state index in [1.165, 1.54) is 9.75 Å². The normalized spacial score (nSPS) is 35.6. The van der Waals surface area contributed by atoms with Crippen molar-refractivity contribution >= 4 is 17.2 Å². The van der Waals surface area contributed by atoms with Gasteiger partial charge < -0.3 is 4.90 Å². The van der Waals surface area contributed by atoms with Crippen LogP contribution in [0.1, 0.15) is 56.5 Å². The van der Waals surface area contributed by atoms with Crippen LogP contribution in [0.15, 0.2) is 12.1 Å². The summed E-state index contributed by atoms with van der Waals surface area (Å²) in [4.78, 5) is 17.6. The molecule has 0 spiro atoms. The summed E-state index contributed by atoms with van der Waals surface area (Å²) in [5, 5.41) is 3.59. The van der Waals surface area contributed by atoms with Gasteiger partial charge in [-0.05, 0) is 44.2 Å². The summed E-state index contributed by atoms with van der Waals surface area (Å²) >= 11 is 1.79. The molecule has 3 unspecified atom stereocenters. The van der Waals surface area contributed by atoms with Crippen molar-refractivity contribution in [3.63, 3.8) is 0 Å². The van der Waals surface area contributed by atoms with Gasteiger partial charge in [0.15, 0.2) is 0 Å². The topological polar surface area (TPSA) is 32.3 Å². The molecule has 0 bridgehead atoms. The molecule has 3 nitrogen and oxygen atoms in total. The molecule has 110 valence electrons. The molecule has 1 N–H and O–H groups in total. The smallest absolute Gasteiger partial charge is 0.244 e. The fourth-order valence-corrected chi connectivity index (χ4v) is 4.06. The van der Waals surface area contributed by atoms with Crippen molar-refractivity contribution < 1.29 is 4.79 Å². The average molecular weight is 292 g/mol. The number of nitrogens with one attached hydrogen (secondary N) is 1. The van der Waals surface area contributed by atoms with E-state index in [1.54, 1.807) is 11.3 Å². The van der Waals surface area contributed by atoms with Crippen LogP contribution in [0.3, 0.4) is 0 Å². The molecular weight excluding hydrogens is 268 g/mol. The van der Waals surface area contributed by atoms with Gasteiger partial charge >= 0.3 is 0 Å². The molecule has 1 saturated heterocycles. The summed E-state index contributed by atoms with van der Waals surface area (Å²) in [7, 11) is 0. The minimum absolute atomic E-state index is 0.0536. The molecule has 1 aliphatic heterocycles. The zero-order chi connectivity index (χ0) is 14.7. The van der Waals surface area contributed by atoms with Gasteiger partial charge in [0.2, 0.25) is 5.91 Å². The van der Waals surface area contributed by atoms with Gasteiger partial charge in [-0.25, -0.2) is 0 Å². The van der Waals surface area contributed by atoms with Crippen LogP contribution in [0, 0.1) is 12.3 Å². The van der Waals surface area contributed by atoms with Crippen LogP contribution in [0.25, 0.3) is 0 Å². The quantitative estimate of drug-likeness (QED) is 0.925. The average Bonchev–Trinajstić information content (AvgIpc) is 2.74. The zero-order valence-electron chi connectivity index (χ0n) is 13.0. The Morgan fingerprint density at radius 1 is 1.40 bits per heavy atom. The Bertz CT molecular complexity index is 550. The number of thiophene rings is 1. The molecule has 1 aromatic heterocycles. The van der Waals surface area contributed by atoms with Gasteiger partial charge in [-0.1, -0.05) is 20.8 Å². The van der Waals surface area contributed by atoms with Gasteiger partial charge in [-0.15, -0.1) is 11.3 Å². The molecule has 3 rings (SSSR count). The molecule has 2 aliphatic rings. The fraction of sp³-hybridized carbons (Fsp3) is 0.688. The Kier molecular flexibility index (Phi) is 3.04. The van der Waals surface area contributed by atoms with Crippen LogP contribution in [0.5, 0.6) is 0 Å². The second-order valence-electron chi connectivity index (χ2n) is 7.10. The number of rotatable bonds is 3. The van der Waals surface area contributed by atoms with Gasteiger partial charge in [-0.3, -0.25) is 10.1 Å². The van der Waals surface area contributed by atoms with Gasteiger partial charge in [0, 0.05) is 15.8 Å². The summed E-state index contributed by atoms with van der Waals surface area (Å²) in [5.74, 6) is 0.270. The Labute approximate surface area is 125 Å². The SMILES string of the molecule is CCC1(C)NC(c2ccc(C)s2)N(C2CC2(C)C)C1=O. The van der Waals surface area contributed by atoms with Crippen LogP contribution in [-0.4, -0.2) is 22.4 Å². The maximum Gasteiger partial charge on any atom is 0.244 e. The number of hydrogen-bond acceptors (Lipinski definition) is 3. The molecule has 1 saturated carbocycles. The summed E-state index contributed by atoms with van der Waals surface area (Å²) in [6.07, 6.45) is 2.00. The van der Waals surface area contributed by atoms with Gasteiger partial charge in [0.1, 0.15) is 6.17 Å². The van der Waals surface area contributed by atoms with E-state index in [-0.39, 0.29) is 17.5 Å². The summed E-state index contributed by atoms with van der Waals surface area (Å²) in [6, 6.07) is 4.68. The van der Waals surface area contributed by atoms with E-state index in [2.05, 4.69) is 50.0 Å². The van der Waals surface area contributed by atoms with Crippen LogP contribution in [0.2, 0.25) is 0 Å². The lowest BCUT2D eigenvalue weighted by atomic mass is 9.99. The molecule has 3 atom stereocenters. The number of amides is 1. The largest absolute Gasteiger partial charge is 0.317 e. The maximum atomic E-state index is 12.9. The van der Waals surface area contributed by atoms with E-state index >= 15 is 0 Å². The zero-order valence-corrected chi connectivity index (χ0v) is 13.8. The van der Waals surface area contributed by atoms with Crippen LogP contribution in [-0.2, 0) is 4.79 Å². The first kappa shape index (κ1) is 14.1. The predicted octanol–water partition coefficient (Wildman–Crippen LogP) is 3.45. The van der Waals surface area contributed by atoms with Crippen molar-refractivity contribution in [3.05, 3.63) is 21.9 Å². The molecule has 1 amide bonds. The highest BCUT2D eigenvalue weighted by atomic mass is 32.1. The number of nitrogens with zero attached hydrogens (tertiary/aromatic N) is 1. The van der Waals surface area contributed by atoms with E-state index in [0.717, 1.165) is 12.8 Å². The van der Waals surface area contributed by atoms with Gasteiger partial charge in [0.05, 0.1) is 5.54 Å². The highest BCUT2D eigenvalue weighted by Crippen LogP contribution is 2.53. The molecule has 20 heavy (non-hydrogen) atoms. The molecule has 1 aliphatic carbocycles. The van der Waals surface area contributed by atoms with Crippen molar-refractivity contribution in [2.24, 2.45) is 5.41 Å². The third-order valence-electron chi connectivity index (χ3n) is 4.97. The highest BCUT2D eigenvalue weighted by Gasteiger charge is 2.59. The molecule has 2 fully saturated rings. The Hall–Kier alpha value is -0.870. The summed E-state index contributed by atoms with van der Waals surface area (Å²) in [5.41, 5.74) is -0.151. The van der Waals surface area contributed by atoms with Crippen LogP contribution >= 0.6 is 11.3 Å². The summed E-state index contributed by atoms with van der Waals surface area (Å²) < 4.78 is 0. The molecule has 4 heteroatoms. The molecule has 2 heterocycles. The second-order valence-corrected chi connectivity index (χ2v) is 8.42. The first-order valence-corrected chi connectivity index (χ1v) is 8.27. The molecule has 0 radical (unpaired) electrons. The van der Waals surface area contributed by atoms with Crippen LogP contribution in [0.4, 0.5) is 0 Å². The lowest BCUT2D eigenvalue weighted by molar-refractivity contribution is -0.134. The third kappa shape index (κ3) is 2.01. The number of carbonyl (C=O) groups is 1. The predicted molar refractivity (Wildman–Crippen MR) is 82.7 cm³/mol. The van der Waals surface area contributed by atoms with Crippen molar-refractivity contribution in [3.8, 4) is 0 Å². The standard InChI is InChI=1S/C16H24N2OS/c1-6-16(5)14(19)18(12-9-15(12,3)4)13(17-16)11-8-7-10(2)20-11/h7-8,12-13,17H,6,9H2,1-5H3. The number of hydrogen-bond donors (Lipinski definition) is 1. The highest BCUT2D eigenvalue weighted by molar-refractivity contribution is 7.12. The van der Waals surface area contributed by atoms with Crippen molar-refractivity contribution in [2.45, 2.75) is 65.2 Å². The van der Waals surface area contributed by atoms with Crippen molar-refractivity contribution in [1.82, 2.24) is 10.2 Å². The van der Waals surface area contributed by atoms with Crippen LogP contribution < -0.4 is 5.32 Å². The first-order chi connectivity index (χ1) is 9.28. The molecular formula is C16H24N2OS. The fourth-order valence-electron chi connectivity index (χ4n) is 3.13. The number of carbonyl (C=O) groups excluding carboxylic acids is 1. The van der Waals surface area contributed by atoms with Gasteiger partial charge in [0.25, 0.3) is 0 Å². The third-order valence-corrected chi connectivity index (χ3v) is 6.03. The van der Waals surface area contributed by atoms with Crippen molar-refractivity contribution in [1.29, 1.82) is 0 Å². The second kappa shape index (κ2) is 4.31. The Balaban J connectivity index is 1.96. The maximum absolute atomic E-state index is 12.9. The minimum atomic E-state index is -0.415. The lowest BCUT2D eigenvalue weighted by Crippen LogP contribution is -2.43. The Morgan fingerprint density at radius 3 is 2.50 bits per heavy atom. The minimum Gasteiger partial charge on any atom is -0.317 e. The van der Waals surface area contributed by atoms with E-state index in [1.807, 2.05) is 6.92 Å². The monoisotopic (exact) mass is 292 g/mol.